The van der Waals surface area contributed by atoms with Gasteiger partial charge < -0.3 is 14.6 Å². The van der Waals surface area contributed by atoms with Gasteiger partial charge in [-0.2, -0.15) is 0 Å². The number of hydrogen-bond donors (Lipinski definition) is 1. The molecule has 4 heteroatoms. The summed E-state index contributed by atoms with van der Waals surface area (Å²) in [6, 6.07) is 11.6. The fourth-order valence-corrected chi connectivity index (χ4v) is 1.93. The molecule has 2 aromatic carbocycles. The highest BCUT2D eigenvalue weighted by molar-refractivity contribution is 6.07. The summed E-state index contributed by atoms with van der Waals surface area (Å²) in [5, 5.41) is 9.21. The van der Waals surface area contributed by atoms with Gasteiger partial charge in [0.25, 0.3) is 0 Å². The number of carbonyl (C=O) groups excluding carboxylic acids is 1. The number of ether oxygens (including phenoxy) is 2. The molecule has 2 rings (SSSR count). The topological polar surface area (TPSA) is 55.8 Å². The molecule has 0 fully saturated rings. The number of methoxy groups -OCH3 is 2. The van der Waals surface area contributed by atoms with Gasteiger partial charge in [0.05, 0.1) is 14.2 Å². The van der Waals surface area contributed by atoms with Crippen molar-refractivity contribution in [2.45, 2.75) is 0 Å². The highest BCUT2D eigenvalue weighted by Crippen LogP contribution is 2.31. The Hall–Kier alpha value is -2.75. The van der Waals surface area contributed by atoms with Crippen LogP contribution in [0.1, 0.15) is 15.9 Å². The van der Waals surface area contributed by atoms with Gasteiger partial charge in [-0.3, -0.25) is 4.79 Å². The largest absolute Gasteiger partial charge is 0.508 e. The molecule has 0 aliphatic carbocycles. The van der Waals surface area contributed by atoms with E-state index in [1.165, 1.54) is 18.2 Å². The monoisotopic (exact) mass is 284 g/mol. The minimum Gasteiger partial charge on any atom is -0.508 e. The standard InChI is InChI=1S/C17H16O4/c1-20-16-5-3-4-13(17(16)21-2)8-11-15(19)12-6-9-14(18)10-7-12/h3-11,18H,1-2H3/b11-8+. The van der Waals surface area contributed by atoms with Crippen molar-refractivity contribution in [3.8, 4) is 17.2 Å². The first-order valence-corrected chi connectivity index (χ1v) is 6.38. The Kier molecular flexibility index (Phi) is 4.61. The molecule has 0 aliphatic heterocycles. The molecule has 0 aromatic heterocycles. The van der Waals surface area contributed by atoms with Crippen LogP contribution in [0.5, 0.6) is 17.2 Å². The van der Waals surface area contributed by atoms with Gasteiger partial charge in [-0.25, -0.2) is 0 Å². The maximum absolute atomic E-state index is 12.0. The van der Waals surface area contributed by atoms with Crippen molar-refractivity contribution in [1.29, 1.82) is 0 Å². The molecular weight excluding hydrogens is 268 g/mol. The predicted octanol–water partition coefficient (Wildman–Crippen LogP) is 3.31. The number of allylic oxidation sites excluding steroid dienone is 1. The lowest BCUT2D eigenvalue weighted by molar-refractivity contribution is 0.104. The lowest BCUT2D eigenvalue weighted by Gasteiger charge is -2.09. The molecule has 0 saturated carbocycles. The predicted molar refractivity (Wildman–Crippen MR) is 81.0 cm³/mol. The summed E-state index contributed by atoms with van der Waals surface area (Å²) in [5.41, 5.74) is 1.26. The molecule has 0 aliphatic rings. The van der Waals surface area contributed by atoms with Crippen LogP contribution >= 0.6 is 0 Å². The van der Waals surface area contributed by atoms with E-state index in [1.807, 2.05) is 12.1 Å². The van der Waals surface area contributed by atoms with Crippen LogP contribution in [0, 0.1) is 0 Å². The van der Waals surface area contributed by atoms with Crippen LogP contribution in [-0.2, 0) is 0 Å². The number of para-hydroxylation sites is 1. The Morgan fingerprint density at radius 2 is 1.76 bits per heavy atom. The Balaban J connectivity index is 2.25. The molecule has 0 amide bonds. The van der Waals surface area contributed by atoms with E-state index >= 15 is 0 Å². The van der Waals surface area contributed by atoms with Gasteiger partial charge in [0, 0.05) is 11.1 Å². The van der Waals surface area contributed by atoms with E-state index in [-0.39, 0.29) is 11.5 Å². The van der Waals surface area contributed by atoms with Crippen molar-refractivity contribution in [2.75, 3.05) is 14.2 Å². The minimum absolute atomic E-state index is 0.130. The Labute approximate surface area is 123 Å². The van der Waals surface area contributed by atoms with E-state index in [2.05, 4.69) is 0 Å². The number of ketones is 1. The molecule has 21 heavy (non-hydrogen) atoms. The lowest BCUT2D eigenvalue weighted by atomic mass is 10.1. The van der Waals surface area contributed by atoms with Gasteiger partial charge in [0.2, 0.25) is 0 Å². The molecule has 2 aromatic rings. The quantitative estimate of drug-likeness (QED) is 0.676. The molecule has 0 spiro atoms. The Morgan fingerprint density at radius 1 is 1.05 bits per heavy atom. The second-order valence-electron chi connectivity index (χ2n) is 4.33. The number of phenolic OH excluding ortho intramolecular Hbond substituents is 1. The zero-order chi connectivity index (χ0) is 15.2. The van der Waals surface area contributed by atoms with Gasteiger partial charge in [-0.05, 0) is 42.5 Å². The second-order valence-corrected chi connectivity index (χ2v) is 4.33. The van der Waals surface area contributed by atoms with Crippen LogP contribution in [0.3, 0.4) is 0 Å². The van der Waals surface area contributed by atoms with Crippen LogP contribution in [0.15, 0.2) is 48.5 Å². The van der Waals surface area contributed by atoms with Gasteiger partial charge in [-0.1, -0.05) is 12.1 Å². The molecule has 1 N–H and O–H groups in total. The molecular formula is C17H16O4. The first-order chi connectivity index (χ1) is 10.2. The van der Waals surface area contributed by atoms with Crippen molar-refractivity contribution in [1.82, 2.24) is 0 Å². The number of phenols is 1. The maximum atomic E-state index is 12.0. The summed E-state index contributed by atoms with van der Waals surface area (Å²) in [6.07, 6.45) is 3.14. The van der Waals surface area contributed by atoms with E-state index < -0.39 is 0 Å². The number of benzene rings is 2. The summed E-state index contributed by atoms with van der Waals surface area (Å²) in [5.74, 6) is 1.16. The minimum atomic E-state index is -0.153. The van der Waals surface area contributed by atoms with Crippen molar-refractivity contribution < 1.29 is 19.4 Å². The van der Waals surface area contributed by atoms with Crippen LogP contribution in [0.4, 0.5) is 0 Å². The molecule has 0 radical (unpaired) electrons. The van der Waals surface area contributed by atoms with Gasteiger partial charge in [-0.15, -0.1) is 0 Å². The van der Waals surface area contributed by atoms with Crippen molar-refractivity contribution in [2.24, 2.45) is 0 Å². The van der Waals surface area contributed by atoms with Gasteiger partial charge in [0.15, 0.2) is 17.3 Å². The van der Waals surface area contributed by atoms with Crippen molar-refractivity contribution in [3.05, 3.63) is 59.7 Å². The third-order valence-corrected chi connectivity index (χ3v) is 3.00. The highest BCUT2D eigenvalue weighted by Gasteiger charge is 2.08. The molecule has 0 atom stereocenters. The summed E-state index contributed by atoms with van der Waals surface area (Å²) in [7, 11) is 3.12. The average Bonchev–Trinajstić information content (AvgIpc) is 2.52. The van der Waals surface area contributed by atoms with E-state index in [1.54, 1.807) is 38.5 Å². The fraction of sp³-hybridized carbons (Fsp3) is 0.118. The lowest BCUT2D eigenvalue weighted by Crippen LogP contribution is -1.95. The van der Waals surface area contributed by atoms with Crippen LogP contribution in [0.25, 0.3) is 6.08 Å². The van der Waals surface area contributed by atoms with Crippen LogP contribution in [0.2, 0.25) is 0 Å². The number of rotatable bonds is 5. The summed E-state index contributed by atoms with van der Waals surface area (Å²) < 4.78 is 10.5. The normalized spacial score (nSPS) is 10.6. The molecule has 0 bridgehead atoms. The van der Waals surface area contributed by atoms with Crippen LogP contribution in [-0.4, -0.2) is 25.1 Å². The fourth-order valence-electron chi connectivity index (χ4n) is 1.93. The van der Waals surface area contributed by atoms with E-state index in [0.717, 1.165) is 5.56 Å². The van der Waals surface area contributed by atoms with Crippen molar-refractivity contribution >= 4 is 11.9 Å². The zero-order valence-electron chi connectivity index (χ0n) is 11.9. The van der Waals surface area contributed by atoms with E-state index in [9.17, 15) is 9.90 Å². The summed E-state index contributed by atoms with van der Waals surface area (Å²) >= 11 is 0. The molecule has 0 heterocycles. The van der Waals surface area contributed by atoms with Crippen LogP contribution < -0.4 is 9.47 Å². The summed E-state index contributed by atoms with van der Waals surface area (Å²) in [6.45, 7) is 0. The number of aromatic hydroxyl groups is 1. The maximum Gasteiger partial charge on any atom is 0.185 e. The van der Waals surface area contributed by atoms with Crippen molar-refractivity contribution in [3.63, 3.8) is 0 Å². The Morgan fingerprint density at radius 3 is 2.38 bits per heavy atom. The highest BCUT2D eigenvalue weighted by atomic mass is 16.5. The number of hydrogen-bond acceptors (Lipinski definition) is 4. The molecule has 0 saturated heterocycles. The summed E-state index contributed by atoms with van der Waals surface area (Å²) in [4.78, 5) is 12.0. The first kappa shape index (κ1) is 14.7. The Bertz CT molecular complexity index is 657. The van der Waals surface area contributed by atoms with E-state index in [0.29, 0.717) is 17.1 Å². The third-order valence-electron chi connectivity index (χ3n) is 3.00. The SMILES string of the molecule is COc1cccc(/C=C/C(=O)c2ccc(O)cc2)c1OC. The molecule has 0 unspecified atom stereocenters. The molecule has 108 valence electrons. The second kappa shape index (κ2) is 6.61. The number of carbonyl (C=O) groups is 1. The first-order valence-electron chi connectivity index (χ1n) is 6.38. The van der Waals surface area contributed by atoms with E-state index in [4.69, 9.17) is 9.47 Å². The molecule has 4 nitrogen and oxygen atoms in total. The average molecular weight is 284 g/mol. The zero-order valence-corrected chi connectivity index (χ0v) is 11.9. The smallest absolute Gasteiger partial charge is 0.185 e. The third kappa shape index (κ3) is 3.42. The van der Waals surface area contributed by atoms with Gasteiger partial charge >= 0.3 is 0 Å². The van der Waals surface area contributed by atoms with Gasteiger partial charge in [0.1, 0.15) is 5.75 Å².